The standard InChI is InChI=1S/C19H23N/c20-19(17-8-3-1-2-4-9-17)14-15-11-12-16-7-5-6-10-18(16)13-15/h5-8,10-13,19H,1-4,9,14,20H2. The van der Waals surface area contributed by atoms with Gasteiger partial charge in [-0.3, -0.25) is 0 Å². The van der Waals surface area contributed by atoms with Crippen LogP contribution in [-0.4, -0.2) is 6.04 Å². The predicted molar refractivity (Wildman–Crippen MR) is 86.8 cm³/mol. The van der Waals surface area contributed by atoms with Gasteiger partial charge in [-0.2, -0.15) is 0 Å². The van der Waals surface area contributed by atoms with Gasteiger partial charge >= 0.3 is 0 Å². The van der Waals surface area contributed by atoms with Gasteiger partial charge in [0.2, 0.25) is 0 Å². The molecular weight excluding hydrogens is 242 g/mol. The monoisotopic (exact) mass is 265 g/mol. The molecule has 104 valence electrons. The molecule has 3 rings (SSSR count). The molecule has 1 unspecified atom stereocenters. The van der Waals surface area contributed by atoms with E-state index in [1.54, 1.807) is 0 Å². The van der Waals surface area contributed by atoms with Gasteiger partial charge in [0.05, 0.1) is 0 Å². The third-order valence-electron chi connectivity index (χ3n) is 4.32. The van der Waals surface area contributed by atoms with Gasteiger partial charge in [-0.15, -0.1) is 0 Å². The van der Waals surface area contributed by atoms with E-state index < -0.39 is 0 Å². The van der Waals surface area contributed by atoms with Crippen LogP contribution in [-0.2, 0) is 6.42 Å². The average Bonchev–Trinajstić information content (AvgIpc) is 2.76. The minimum Gasteiger partial charge on any atom is -0.324 e. The molecule has 0 bridgehead atoms. The predicted octanol–water partition coefficient (Wildman–Crippen LogP) is 4.60. The summed E-state index contributed by atoms with van der Waals surface area (Å²) in [5.41, 5.74) is 9.24. The van der Waals surface area contributed by atoms with E-state index in [9.17, 15) is 0 Å². The maximum absolute atomic E-state index is 6.43. The highest BCUT2D eigenvalue weighted by molar-refractivity contribution is 5.83. The molecule has 0 aromatic heterocycles. The van der Waals surface area contributed by atoms with Crippen LogP contribution in [0, 0.1) is 0 Å². The highest BCUT2D eigenvalue weighted by atomic mass is 14.6. The molecule has 1 heteroatoms. The Hall–Kier alpha value is -1.60. The van der Waals surface area contributed by atoms with Gasteiger partial charge in [-0.05, 0) is 48.4 Å². The van der Waals surface area contributed by atoms with Crippen molar-refractivity contribution in [1.82, 2.24) is 0 Å². The van der Waals surface area contributed by atoms with Crippen molar-refractivity contribution in [2.45, 2.75) is 44.6 Å². The van der Waals surface area contributed by atoms with Crippen LogP contribution in [0.2, 0.25) is 0 Å². The summed E-state index contributed by atoms with van der Waals surface area (Å²) in [6.07, 6.45) is 9.72. The largest absolute Gasteiger partial charge is 0.324 e. The van der Waals surface area contributed by atoms with Gasteiger partial charge in [-0.1, -0.05) is 60.5 Å². The van der Waals surface area contributed by atoms with Gasteiger partial charge in [0, 0.05) is 6.04 Å². The van der Waals surface area contributed by atoms with Crippen LogP contribution < -0.4 is 5.73 Å². The molecule has 0 amide bonds. The van der Waals surface area contributed by atoms with Crippen molar-refractivity contribution in [2.24, 2.45) is 5.73 Å². The number of hydrogen-bond donors (Lipinski definition) is 1. The topological polar surface area (TPSA) is 26.0 Å². The smallest absolute Gasteiger partial charge is 0.0294 e. The summed E-state index contributed by atoms with van der Waals surface area (Å²) in [5.74, 6) is 0. The summed E-state index contributed by atoms with van der Waals surface area (Å²) in [5, 5.41) is 2.62. The lowest BCUT2D eigenvalue weighted by atomic mass is 9.95. The van der Waals surface area contributed by atoms with Crippen LogP contribution in [0.25, 0.3) is 10.8 Å². The lowest BCUT2D eigenvalue weighted by Gasteiger charge is -2.16. The SMILES string of the molecule is NC(Cc1ccc2ccccc2c1)C1=CCCCCC1. The number of rotatable bonds is 3. The Morgan fingerprint density at radius 1 is 0.950 bits per heavy atom. The molecule has 1 aliphatic carbocycles. The molecule has 0 saturated heterocycles. The minimum atomic E-state index is 0.189. The Morgan fingerprint density at radius 2 is 1.80 bits per heavy atom. The minimum absolute atomic E-state index is 0.189. The first-order valence-electron chi connectivity index (χ1n) is 7.75. The molecular formula is C19H23N. The molecule has 0 radical (unpaired) electrons. The Balaban J connectivity index is 1.76. The van der Waals surface area contributed by atoms with Gasteiger partial charge in [-0.25, -0.2) is 0 Å². The zero-order valence-corrected chi connectivity index (χ0v) is 12.0. The summed E-state index contributed by atoms with van der Waals surface area (Å²) in [6, 6.07) is 15.4. The van der Waals surface area contributed by atoms with E-state index in [2.05, 4.69) is 48.5 Å². The zero-order valence-electron chi connectivity index (χ0n) is 12.0. The molecule has 0 spiro atoms. The third-order valence-corrected chi connectivity index (χ3v) is 4.32. The van der Waals surface area contributed by atoms with Crippen LogP contribution >= 0.6 is 0 Å². The Morgan fingerprint density at radius 3 is 2.70 bits per heavy atom. The third kappa shape index (κ3) is 3.10. The van der Waals surface area contributed by atoms with E-state index >= 15 is 0 Å². The molecule has 0 fully saturated rings. The molecule has 1 aliphatic rings. The number of fused-ring (bicyclic) bond motifs is 1. The molecule has 0 heterocycles. The summed E-state index contributed by atoms with van der Waals surface area (Å²) in [4.78, 5) is 0. The van der Waals surface area contributed by atoms with Crippen LogP contribution in [0.1, 0.15) is 37.7 Å². The van der Waals surface area contributed by atoms with Gasteiger partial charge < -0.3 is 5.73 Å². The van der Waals surface area contributed by atoms with Crippen LogP contribution in [0.3, 0.4) is 0 Å². The molecule has 2 N–H and O–H groups in total. The van der Waals surface area contributed by atoms with Crippen molar-refractivity contribution >= 4 is 10.8 Å². The van der Waals surface area contributed by atoms with Gasteiger partial charge in [0.25, 0.3) is 0 Å². The maximum Gasteiger partial charge on any atom is 0.0294 e. The molecule has 1 atom stereocenters. The lowest BCUT2D eigenvalue weighted by Crippen LogP contribution is -2.25. The van der Waals surface area contributed by atoms with Crippen molar-refractivity contribution in [1.29, 1.82) is 0 Å². The summed E-state index contributed by atoms with van der Waals surface area (Å²) >= 11 is 0. The molecule has 0 saturated carbocycles. The van der Waals surface area contributed by atoms with Crippen molar-refractivity contribution in [3.63, 3.8) is 0 Å². The van der Waals surface area contributed by atoms with E-state index in [4.69, 9.17) is 5.73 Å². The molecule has 20 heavy (non-hydrogen) atoms. The van der Waals surface area contributed by atoms with E-state index in [1.807, 2.05) is 0 Å². The van der Waals surface area contributed by atoms with Gasteiger partial charge in [0.15, 0.2) is 0 Å². The summed E-state index contributed by atoms with van der Waals surface area (Å²) in [6.45, 7) is 0. The van der Waals surface area contributed by atoms with E-state index in [0.29, 0.717) is 0 Å². The second-order valence-electron chi connectivity index (χ2n) is 5.87. The van der Waals surface area contributed by atoms with Crippen molar-refractivity contribution in [3.05, 3.63) is 59.7 Å². The Labute approximate surface area is 121 Å². The fraction of sp³-hybridized carbons (Fsp3) is 0.368. The zero-order chi connectivity index (χ0) is 13.8. The lowest BCUT2D eigenvalue weighted by molar-refractivity contribution is 0.672. The highest BCUT2D eigenvalue weighted by Gasteiger charge is 2.12. The first-order chi connectivity index (χ1) is 9.83. The average molecular weight is 265 g/mol. The second-order valence-corrected chi connectivity index (χ2v) is 5.87. The first kappa shape index (κ1) is 13.4. The van der Waals surface area contributed by atoms with E-state index in [-0.39, 0.29) is 6.04 Å². The Kier molecular flexibility index (Phi) is 4.17. The number of nitrogens with two attached hydrogens (primary N) is 1. The number of allylic oxidation sites excluding steroid dienone is 1. The normalized spacial score (nSPS) is 17.6. The quantitative estimate of drug-likeness (QED) is 0.806. The second kappa shape index (κ2) is 6.23. The summed E-state index contributed by atoms with van der Waals surface area (Å²) in [7, 11) is 0. The Bertz CT molecular complexity index is 612. The van der Waals surface area contributed by atoms with Crippen LogP contribution in [0.4, 0.5) is 0 Å². The number of benzene rings is 2. The van der Waals surface area contributed by atoms with Gasteiger partial charge in [0.1, 0.15) is 0 Å². The maximum atomic E-state index is 6.43. The van der Waals surface area contributed by atoms with Crippen LogP contribution in [0.5, 0.6) is 0 Å². The fourth-order valence-electron chi connectivity index (χ4n) is 3.13. The summed E-state index contributed by atoms with van der Waals surface area (Å²) < 4.78 is 0. The van der Waals surface area contributed by atoms with Crippen molar-refractivity contribution in [3.8, 4) is 0 Å². The van der Waals surface area contributed by atoms with E-state index in [0.717, 1.165) is 6.42 Å². The van der Waals surface area contributed by atoms with Crippen molar-refractivity contribution < 1.29 is 0 Å². The van der Waals surface area contributed by atoms with E-state index in [1.165, 1.54) is 54.0 Å². The van der Waals surface area contributed by atoms with Crippen LogP contribution in [0.15, 0.2) is 54.1 Å². The molecule has 2 aromatic rings. The number of hydrogen-bond acceptors (Lipinski definition) is 1. The highest BCUT2D eigenvalue weighted by Crippen LogP contribution is 2.22. The van der Waals surface area contributed by atoms with Crippen molar-refractivity contribution in [2.75, 3.05) is 0 Å². The molecule has 0 aliphatic heterocycles. The molecule has 1 nitrogen and oxygen atoms in total. The first-order valence-corrected chi connectivity index (χ1v) is 7.75. The fourth-order valence-corrected chi connectivity index (χ4v) is 3.13. The molecule has 2 aromatic carbocycles.